The van der Waals surface area contributed by atoms with Crippen molar-refractivity contribution in [1.82, 2.24) is 4.31 Å². The zero-order chi connectivity index (χ0) is 17.2. The van der Waals surface area contributed by atoms with Crippen LogP contribution in [-0.2, 0) is 23.1 Å². The summed E-state index contributed by atoms with van der Waals surface area (Å²) in [5, 5.41) is 0. The molecule has 0 N–H and O–H groups in total. The van der Waals surface area contributed by atoms with Crippen molar-refractivity contribution in [1.29, 1.82) is 0 Å². The Morgan fingerprint density at radius 3 is 1.92 bits per heavy atom. The van der Waals surface area contributed by atoms with Crippen LogP contribution in [0.2, 0.25) is 0 Å². The summed E-state index contributed by atoms with van der Waals surface area (Å²) < 4.78 is 38.2. The molecule has 0 spiro atoms. The van der Waals surface area contributed by atoms with Crippen molar-refractivity contribution < 1.29 is 17.3 Å². The normalized spacial score (nSPS) is 12.0. The second kappa shape index (κ2) is 6.67. The van der Waals surface area contributed by atoms with Crippen LogP contribution in [0.4, 0.5) is 0 Å². The minimum absolute atomic E-state index is 0.142. The maximum Gasteiger partial charge on any atom is 0.243 e. The molecule has 1 aromatic carbocycles. The lowest BCUT2D eigenvalue weighted by atomic mass is 10.1. The highest BCUT2D eigenvalue weighted by atomic mass is 32.2. The Hall–Kier alpha value is -2.31. The summed E-state index contributed by atoms with van der Waals surface area (Å²) in [5.74, 6) is 1.16. The van der Waals surface area contributed by atoms with Crippen LogP contribution >= 0.6 is 0 Å². The predicted octanol–water partition coefficient (Wildman–Crippen LogP) is 3.88. The van der Waals surface area contributed by atoms with Crippen LogP contribution in [0.5, 0.6) is 0 Å². The summed E-state index contributed by atoms with van der Waals surface area (Å²) >= 11 is 0. The molecule has 24 heavy (non-hydrogen) atoms. The van der Waals surface area contributed by atoms with Gasteiger partial charge in [0.25, 0.3) is 0 Å². The van der Waals surface area contributed by atoms with Gasteiger partial charge in [-0.25, -0.2) is 8.42 Å². The molecule has 0 aliphatic carbocycles. The highest BCUT2D eigenvalue weighted by Crippen LogP contribution is 2.23. The van der Waals surface area contributed by atoms with Gasteiger partial charge in [0.15, 0.2) is 0 Å². The molecule has 0 amide bonds. The molecule has 0 fully saturated rings. The Bertz CT molecular complexity index is 860. The van der Waals surface area contributed by atoms with E-state index in [0.717, 1.165) is 11.1 Å². The molecule has 0 bridgehead atoms. The average molecular weight is 345 g/mol. The SMILES string of the molecule is Cc1ccc(S(=O)(=O)N(Cc2ccco2)Cc2ccco2)cc1C. The minimum atomic E-state index is -3.68. The van der Waals surface area contributed by atoms with Gasteiger partial charge in [-0.2, -0.15) is 4.31 Å². The first-order valence-corrected chi connectivity index (χ1v) is 9.03. The predicted molar refractivity (Wildman–Crippen MR) is 89.8 cm³/mol. The molecule has 5 nitrogen and oxygen atoms in total. The number of rotatable bonds is 6. The van der Waals surface area contributed by atoms with Crippen molar-refractivity contribution in [3.05, 3.63) is 77.6 Å². The van der Waals surface area contributed by atoms with Gasteiger partial charge in [0, 0.05) is 0 Å². The zero-order valence-electron chi connectivity index (χ0n) is 13.6. The third kappa shape index (κ3) is 3.44. The highest BCUT2D eigenvalue weighted by molar-refractivity contribution is 7.89. The number of hydrogen-bond donors (Lipinski definition) is 0. The number of furan rings is 2. The summed E-state index contributed by atoms with van der Waals surface area (Å²) in [5.41, 5.74) is 1.99. The van der Waals surface area contributed by atoms with Crippen LogP contribution in [0.15, 0.2) is 68.7 Å². The number of sulfonamides is 1. The quantitative estimate of drug-likeness (QED) is 0.680. The monoisotopic (exact) mass is 345 g/mol. The molecule has 2 heterocycles. The van der Waals surface area contributed by atoms with E-state index in [4.69, 9.17) is 8.83 Å². The lowest BCUT2D eigenvalue weighted by molar-refractivity contribution is 0.330. The molecule has 0 aliphatic rings. The molecule has 0 atom stereocenters. The van der Waals surface area contributed by atoms with Gasteiger partial charge in [-0.3, -0.25) is 0 Å². The topological polar surface area (TPSA) is 63.7 Å². The summed E-state index contributed by atoms with van der Waals surface area (Å²) in [6.45, 7) is 4.14. The molecule has 126 valence electrons. The van der Waals surface area contributed by atoms with E-state index >= 15 is 0 Å². The molecule has 2 aromatic heterocycles. The smallest absolute Gasteiger partial charge is 0.243 e. The zero-order valence-corrected chi connectivity index (χ0v) is 14.4. The van der Waals surface area contributed by atoms with Crippen molar-refractivity contribution >= 4 is 10.0 Å². The fourth-order valence-corrected chi connectivity index (χ4v) is 3.86. The van der Waals surface area contributed by atoms with Gasteiger partial charge in [0.05, 0.1) is 30.5 Å². The van der Waals surface area contributed by atoms with E-state index in [2.05, 4.69) is 0 Å². The van der Waals surface area contributed by atoms with Gasteiger partial charge in [0.1, 0.15) is 11.5 Å². The van der Waals surface area contributed by atoms with E-state index in [1.54, 1.807) is 36.4 Å². The van der Waals surface area contributed by atoms with Crippen LogP contribution in [0.3, 0.4) is 0 Å². The molecule has 0 aliphatic heterocycles. The van der Waals surface area contributed by atoms with Crippen molar-refractivity contribution in [3.8, 4) is 0 Å². The lowest BCUT2D eigenvalue weighted by Gasteiger charge is -2.20. The average Bonchev–Trinajstić information content (AvgIpc) is 3.23. The fraction of sp³-hybridized carbons (Fsp3) is 0.222. The van der Waals surface area contributed by atoms with Gasteiger partial charge in [0.2, 0.25) is 10.0 Å². The molecule has 0 saturated carbocycles. The van der Waals surface area contributed by atoms with E-state index in [9.17, 15) is 8.42 Å². The van der Waals surface area contributed by atoms with Crippen LogP contribution in [0.25, 0.3) is 0 Å². The van der Waals surface area contributed by atoms with E-state index in [1.807, 2.05) is 19.9 Å². The van der Waals surface area contributed by atoms with E-state index in [0.29, 0.717) is 11.5 Å². The molecule has 3 rings (SSSR count). The molecular weight excluding hydrogens is 326 g/mol. The van der Waals surface area contributed by atoms with Crippen LogP contribution < -0.4 is 0 Å². The first kappa shape index (κ1) is 16.5. The van der Waals surface area contributed by atoms with Crippen LogP contribution in [0, 0.1) is 13.8 Å². The maximum atomic E-state index is 13.1. The summed E-state index contributed by atoms with van der Waals surface area (Å²) in [7, 11) is -3.68. The van der Waals surface area contributed by atoms with Crippen molar-refractivity contribution in [3.63, 3.8) is 0 Å². The summed E-state index contributed by atoms with van der Waals surface area (Å²) in [6, 6.07) is 12.1. The highest BCUT2D eigenvalue weighted by Gasteiger charge is 2.27. The summed E-state index contributed by atoms with van der Waals surface area (Å²) in [6.07, 6.45) is 3.06. The fourth-order valence-electron chi connectivity index (χ4n) is 2.40. The standard InChI is InChI=1S/C18H19NO4S/c1-14-7-8-18(11-15(14)2)24(20,21)19(12-16-5-3-9-22-16)13-17-6-4-10-23-17/h3-11H,12-13H2,1-2H3. The van der Waals surface area contributed by atoms with Crippen molar-refractivity contribution in [2.75, 3.05) is 0 Å². The number of aryl methyl sites for hydroxylation is 2. The third-order valence-electron chi connectivity index (χ3n) is 3.94. The minimum Gasteiger partial charge on any atom is -0.468 e. The maximum absolute atomic E-state index is 13.1. The molecule has 0 saturated heterocycles. The van der Waals surface area contributed by atoms with E-state index < -0.39 is 10.0 Å². The Morgan fingerprint density at radius 1 is 0.875 bits per heavy atom. The van der Waals surface area contributed by atoms with Gasteiger partial charge in [-0.15, -0.1) is 0 Å². The van der Waals surface area contributed by atoms with E-state index in [-0.39, 0.29) is 18.0 Å². The summed E-state index contributed by atoms with van der Waals surface area (Å²) in [4.78, 5) is 0.267. The number of nitrogens with zero attached hydrogens (tertiary/aromatic N) is 1. The van der Waals surface area contributed by atoms with Gasteiger partial charge in [-0.05, 0) is 61.4 Å². The molecule has 0 radical (unpaired) electrons. The van der Waals surface area contributed by atoms with Gasteiger partial charge < -0.3 is 8.83 Å². The Kier molecular flexibility index (Phi) is 4.59. The first-order chi connectivity index (χ1) is 11.5. The van der Waals surface area contributed by atoms with Crippen LogP contribution in [-0.4, -0.2) is 12.7 Å². The Labute approximate surface area is 141 Å². The van der Waals surface area contributed by atoms with Crippen molar-refractivity contribution in [2.45, 2.75) is 31.8 Å². The Morgan fingerprint density at radius 2 is 1.46 bits per heavy atom. The number of benzene rings is 1. The number of hydrogen-bond acceptors (Lipinski definition) is 4. The molecule has 0 unspecified atom stereocenters. The second-order valence-electron chi connectivity index (χ2n) is 5.68. The van der Waals surface area contributed by atoms with Crippen LogP contribution in [0.1, 0.15) is 22.6 Å². The van der Waals surface area contributed by atoms with E-state index in [1.165, 1.54) is 16.8 Å². The van der Waals surface area contributed by atoms with Crippen molar-refractivity contribution in [2.24, 2.45) is 0 Å². The first-order valence-electron chi connectivity index (χ1n) is 7.59. The second-order valence-corrected chi connectivity index (χ2v) is 7.62. The van der Waals surface area contributed by atoms with Gasteiger partial charge >= 0.3 is 0 Å². The molecule has 6 heteroatoms. The van der Waals surface area contributed by atoms with Gasteiger partial charge in [-0.1, -0.05) is 6.07 Å². The lowest BCUT2D eigenvalue weighted by Crippen LogP contribution is -2.30. The molecule has 3 aromatic rings. The largest absolute Gasteiger partial charge is 0.468 e. The third-order valence-corrected chi connectivity index (χ3v) is 5.73. The Balaban J connectivity index is 1.97. The molecular formula is C18H19NO4S.